The molecule has 0 spiro atoms. The lowest BCUT2D eigenvalue weighted by Crippen LogP contribution is -2.37. The molecule has 0 saturated carbocycles. The highest BCUT2D eigenvalue weighted by molar-refractivity contribution is 5.95. The number of methoxy groups -OCH3 is 1. The Balaban J connectivity index is 2.68. The van der Waals surface area contributed by atoms with Gasteiger partial charge >= 0.3 is 0 Å². The zero-order valence-corrected chi connectivity index (χ0v) is 13.6. The molecule has 0 unspecified atom stereocenters. The third kappa shape index (κ3) is 5.50. The molecule has 7 heteroatoms. The second kappa shape index (κ2) is 9.22. The maximum Gasteiger partial charge on any atom is 0.257 e. The molecule has 1 N–H and O–H groups in total. The van der Waals surface area contributed by atoms with Crippen LogP contribution in [-0.4, -0.2) is 50.1 Å². The van der Waals surface area contributed by atoms with E-state index in [1.54, 1.807) is 38.8 Å². The summed E-state index contributed by atoms with van der Waals surface area (Å²) in [4.78, 5) is 30.6. The SMILES string of the molecule is CCONC(=O)CCN(CCOC)C(=O)c1cc(C)oc1C. The molecule has 0 aromatic carbocycles. The molecule has 0 saturated heterocycles. The average Bonchev–Trinajstić information content (AvgIpc) is 2.83. The number of carbonyl (C=O) groups excluding carboxylic acids is 2. The molecule has 0 bridgehead atoms. The lowest BCUT2D eigenvalue weighted by atomic mass is 10.2. The molecule has 2 amide bonds. The molecular formula is C15H24N2O5. The predicted octanol–water partition coefficient (Wildman–Crippen LogP) is 1.44. The van der Waals surface area contributed by atoms with Crippen LogP contribution in [0, 0.1) is 13.8 Å². The van der Waals surface area contributed by atoms with Crippen LogP contribution >= 0.6 is 0 Å². The quantitative estimate of drug-likeness (QED) is 0.698. The predicted molar refractivity (Wildman–Crippen MR) is 80.3 cm³/mol. The van der Waals surface area contributed by atoms with E-state index in [0.717, 1.165) is 0 Å². The molecule has 0 atom stereocenters. The summed E-state index contributed by atoms with van der Waals surface area (Å²) < 4.78 is 10.4. The van der Waals surface area contributed by atoms with Gasteiger partial charge in [-0.1, -0.05) is 0 Å². The molecule has 7 nitrogen and oxygen atoms in total. The molecule has 1 rings (SSSR count). The van der Waals surface area contributed by atoms with Gasteiger partial charge in [0.15, 0.2) is 0 Å². The topological polar surface area (TPSA) is 81.0 Å². The number of amides is 2. The van der Waals surface area contributed by atoms with Gasteiger partial charge < -0.3 is 14.1 Å². The van der Waals surface area contributed by atoms with Gasteiger partial charge in [-0.25, -0.2) is 5.48 Å². The Bertz CT molecular complexity index is 498. The fourth-order valence-corrected chi connectivity index (χ4v) is 1.97. The second-order valence-corrected chi connectivity index (χ2v) is 4.82. The van der Waals surface area contributed by atoms with E-state index in [4.69, 9.17) is 14.0 Å². The van der Waals surface area contributed by atoms with Crippen molar-refractivity contribution >= 4 is 11.8 Å². The van der Waals surface area contributed by atoms with Crippen molar-refractivity contribution in [3.8, 4) is 0 Å². The van der Waals surface area contributed by atoms with Gasteiger partial charge in [0.05, 0.1) is 18.8 Å². The van der Waals surface area contributed by atoms with Crippen molar-refractivity contribution in [1.29, 1.82) is 0 Å². The molecule has 1 aromatic rings. The first kappa shape index (κ1) is 18.2. The molecule has 1 heterocycles. The fraction of sp³-hybridized carbons (Fsp3) is 0.600. The number of hydrogen-bond donors (Lipinski definition) is 1. The first-order valence-electron chi connectivity index (χ1n) is 7.25. The highest BCUT2D eigenvalue weighted by atomic mass is 16.6. The molecule has 0 fully saturated rings. The summed E-state index contributed by atoms with van der Waals surface area (Å²) in [5.41, 5.74) is 2.82. The Labute approximate surface area is 130 Å². The summed E-state index contributed by atoms with van der Waals surface area (Å²) in [5, 5.41) is 0. The Hall–Kier alpha value is -1.86. The van der Waals surface area contributed by atoms with Gasteiger partial charge in [0.25, 0.3) is 5.91 Å². The van der Waals surface area contributed by atoms with Gasteiger partial charge in [0.2, 0.25) is 5.91 Å². The van der Waals surface area contributed by atoms with Crippen LogP contribution in [0.2, 0.25) is 0 Å². The zero-order valence-electron chi connectivity index (χ0n) is 13.6. The van der Waals surface area contributed by atoms with Gasteiger partial charge in [-0.05, 0) is 26.8 Å². The van der Waals surface area contributed by atoms with E-state index in [2.05, 4.69) is 5.48 Å². The number of rotatable bonds is 9. The smallest absolute Gasteiger partial charge is 0.257 e. The van der Waals surface area contributed by atoms with Gasteiger partial charge in [-0.2, -0.15) is 0 Å². The standard InChI is InChI=1S/C15H24N2O5/c1-5-21-16-14(18)6-7-17(8-9-20-4)15(19)13-10-11(2)22-12(13)3/h10H,5-9H2,1-4H3,(H,16,18). The normalized spacial score (nSPS) is 10.5. The third-order valence-electron chi connectivity index (χ3n) is 3.06. The first-order valence-corrected chi connectivity index (χ1v) is 7.25. The monoisotopic (exact) mass is 312 g/mol. The van der Waals surface area contributed by atoms with Gasteiger partial charge in [-0.15, -0.1) is 0 Å². The van der Waals surface area contributed by atoms with Crippen LogP contribution in [0.4, 0.5) is 0 Å². The summed E-state index contributed by atoms with van der Waals surface area (Å²) in [5.74, 6) is 0.818. The maximum atomic E-state index is 12.6. The molecule has 0 radical (unpaired) electrons. The van der Waals surface area contributed by atoms with Crippen molar-refractivity contribution in [2.75, 3.05) is 33.4 Å². The number of carbonyl (C=O) groups is 2. The largest absolute Gasteiger partial charge is 0.466 e. The lowest BCUT2D eigenvalue weighted by molar-refractivity contribution is -0.133. The van der Waals surface area contributed by atoms with E-state index in [-0.39, 0.29) is 24.8 Å². The third-order valence-corrected chi connectivity index (χ3v) is 3.06. The molecule has 1 aromatic heterocycles. The highest BCUT2D eigenvalue weighted by Crippen LogP contribution is 2.16. The number of ether oxygens (including phenoxy) is 1. The minimum atomic E-state index is -0.267. The van der Waals surface area contributed by atoms with E-state index in [9.17, 15) is 9.59 Å². The zero-order chi connectivity index (χ0) is 16.5. The summed E-state index contributed by atoms with van der Waals surface area (Å²) in [7, 11) is 1.57. The van der Waals surface area contributed by atoms with Gasteiger partial charge in [0.1, 0.15) is 11.5 Å². The van der Waals surface area contributed by atoms with Crippen LogP contribution < -0.4 is 5.48 Å². The molecule has 22 heavy (non-hydrogen) atoms. The van der Waals surface area contributed by atoms with Crippen molar-refractivity contribution < 1.29 is 23.6 Å². The summed E-state index contributed by atoms with van der Waals surface area (Å²) in [6.45, 7) is 6.79. The van der Waals surface area contributed by atoms with Crippen molar-refractivity contribution in [3.05, 3.63) is 23.2 Å². The number of nitrogens with zero attached hydrogens (tertiary/aromatic N) is 1. The number of hydroxylamine groups is 1. The summed E-state index contributed by atoms with van der Waals surface area (Å²) in [6.07, 6.45) is 0.158. The Morgan fingerprint density at radius 3 is 2.59 bits per heavy atom. The average molecular weight is 312 g/mol. The van der Waals surface area contributed by atoms with E-state index in [0.29, 0.717) is 36.8 Å². The van der Waals surface area contributed by atoms with E-state index >= 15 is 0 Å². The number of furan rings is 1. The molecule has 0 aliphatic heterocycles. The number of aryl methyl sites for hydroxylation is 2. The van der Waals surface area contributed by atoms with Crippen LogP contribution in [0.3, 0.4) is 0 Å². The minimum Gasteiger partial charge on any atom is -0.466 e. The van der Waals surface area contributed by atoms with Crippen molar-refractivity contribution in [2.45, 2.75) is 27.2 Å². The molecular weight excluding hydrogens is 288 g/mol. The Morgan fingerprint density at radius 1 is 1.32 bits per heavy atom. The van der Waals surface area contributed by atoms with Gasteiger partial charge in [0, 0.05) is 26.6 Å². The molecule has 124 valence electrons. The minimum absolute atomic E-state index is 0.158. The van der Waals surface area contributed by atoms with Crippen LogP contribution in [0.25, 0.3) is 0 Å². The van der Waals surface area contributed by atoms with Crippen LogP contribution in [0.5, 0.6) is 0 Å². The van der Waals surface area contributed by atoms with Crippen molar-refractivity contribution in [1.82, 2.24) is 10.4 Å². The van der Waals surface area contributed by atoms with Crippen LogP contribution in [0.15, 0.2) is 10.5 Å². The van der Waals surface area contributed by atoms with E-state index < -0.39 is 0 Å². The molecule has 0 aliphatic rings. The van der Waals surface area contributed by atoms with Gasteiger partial charge in [-0.3, -0.25) is 14.4 Å². The number of hydrogen-bond acceptors (Lipinski definition) is 5. The maximum absolute atomic E-state index is 12.6. The Kier molecular flexibility index (Phi) is 7.62. The Morgan fingerprint density at radius 2 is 2.05 bits per heavy atom. The van der Waals surface area contributed by atoms with Crippen molar-refractivity contribution in [2.24, 2.45) is 0 Å². The van der Waals surface area contributed by atoms with E-state index in [1.807, 2.05) is 0 Å². The van der Waals surface area contributed by atoms with Crippen LogP contribution in [0.1, 0.15) is 35.2 Å². The van der Waals surface area contributed by atoms with Crippen LogP contribution in [-0.2, 0) is 14.4 Å². The number of nitrogens with one attached hydrogen (secondary N) is 1. The second-order valence-electron chi connectivity index (χ2n) is 4.82. The lowest BCUT2D eigenvalue weighted by Gasteiger charge is -2.21. The summed E-state index contributed by atoms with van der Waals surface area (Å²) in [6, 6.07) is 1.71. The molecule has 0 aliphatic carbocycles. The highest BCUT2D eigenvalue weighted by Gasteiger charge is 2.21. The summed E-state index contributed by atoms with van der Waals surface area (Å²) >= 11 is 0. The van der Waals surface area contributed by atoms with E-state index in [1.165, 1.54) is 0 Å². The fourth-order valence-electron chi connectivity index (χ4n) is 1.97. The first-order chi connectivity index (χ1) is 10.5. The van der Waals surface area contributed by atoms with Crippen molar-refractivity contribution in [3.63, 3.8) is 0 Å².